The van der Waals surface area contributed by atoms with Crippen molar-refractivity contribution >= 4 is 22.1 Å². The van der Waals surface area contributed by atoms with Crippen molar-refractivity contribution in [1.29, 1.82) is 0 Å². The van der Waals surface area contributed by atoms with E-state index in [4.69, 9.17) is 5.11 Å². The third kappa shape index (κ3) is 1.21. The van der Waals surface area contributed by atoms with Crippen LogP contribution in [0.1, 0.15) is 36.1 Å². The lowest BCUT2D eigenvalue weighted by atomic mass is 10.2. The Labute approximate surface area is 84.8 Å². The van der Waals surface area contributed by atoms with Gasteiger partial charge in [-0.1, -0.05) is 13.8 Å². The molecule has 2 rings (SSSR count). The van der Waals surface area contributed by atoms with E-state index in [9.17, 15) is 4.79 Å². The minimum atomic E-state index is -0.906. The monoisotopic (exact) mass is 210 g/mol. The number of imidazole rings is 1. The molecular weight excluding hydrogens is 200 g/mol. The second-order valence-electron chi connectivity index (χ2n) is 3.37. The van der Waals surface area contributed by atoms with Gasteiger partial charge in [0.2, 0.25) is 0 Å². The summed E-state index contributed by atoms with van der Waals surface area (Å²) in [7, 11) is 0. The fourth-order valence-corrected chi connectivity index (χ4v) is 2.25. The molecule has 0 aliphatic carbocycles. The van der Waals surface area contributed by atoms with Gasteiger partial charge in [-0.15, -0.1) is 11.3 Å². The van der Waals surface area contributed by atoms with E-state index in [0.717, 1.165) is 10.7 Å². The van der Waals surface area contributed by atoms with Crippen LogP contribution in [0.15, 0.2) is 11.6 Å². The van der Waals surface area contributed by atoms with Crippen molar-refractivity contribution in [1.82, 2.24) is 9.38 Å². The van der Waals surface area contributed by atoms with Gasteiger partial charge in [0.25, 0.3) is 0 Å². The van der Waals surface area contributed by atoms with Crippen molar-refractivity contribution in [3.63, 3.8) is 0 Å². The lowest BCUT2D eigenvalue weighted by molar-refractivity contribution is 0.0689. The van der Waals surface area contributed by atoms with Crippen LogP contribution in [0, 0.1) is 0 Å². The number of aromatic nitrogens is 2. The van der Waals surface area contributed by atoms with Crippen LogP contribution in [0.2, 0.25) is 0 Å². The molecule has 0 saturated carbocycles. The fraction of sp³-hybridized carbons (Fsp3) is 0.333. The molecule has 2 aromatic heterocycles. The summed E-state index contributed by atoms with van der Waals surface area (Å²) in [6.07, 6.45) is 1.71. The fourth-order valence-electron chi connectivity index (χ4n) is 1.40. The minimum Gasteiger partial charge on any atom is -0.477 e. The highest BCUT2D eigenvalue weighted by molar-refractivity contribution is 7.15. The molecule has 4 nitrogen and oxygen atoms in total. The molecule has 0 aromatic carbocycles. The van der Waals surface area contributed by atoms with Crippen LogP contribution >= 0.6 is 11.3 Å². The molecule has 0 unspecified atom stereocenters. The summed E-state index contributed by atoms with van der Waals surface area (Å²) in [6, 6.07) is 0. The van der Waals surface area contributed by atoms with Crippen LogP contribution in [0.3, 0.4) is 0 Å². The maximum Gasteiger partial charge on any atom is 0.353 e. The zero-order valence-corrected chi connectivity index (χ0v) is 8.71. The average molecular weight is 210 g/mol. The van der Waals surface area contributed by atoms with Crippen molar-refractivity contribution in [2.45, 2.75) is 19.8 Å². The van der Waals surface area contributed by atoms with E-state index in [2.05, 4.69) is 4.98 Å². The van der Waals surface area contributed by atoms with Gasteiger partial charge in [0.15, 0.2) is 0 Å². The Bertz CT molecular complexity index is 484. The molecule has 0 aliphatic heterocycles. The number of aromatic carboxylic acids is 1. The topological polar surface area (TPSA) is 54.6 Å². The number of rotatable bonds is 2. The van der Waals surface area contributed by atoms with Crippen molar-refractivity contribution in [3.8, 4) is 0 Å². The summed E-state index contributed by atoms with van der Waals surface area (Å²) >= 11 is 1.40. The number of hydrogen-bond acceptors (Lipinski definition) is 3. The Morgan fingerprint density at radius 1 is 1.64 bits per heavy atom. The van der Waals surface area contributed by atoms with Gasteiger partial charge in [-0.2, -0.15) is 0 Å². The van der Waals surface area contributed by atoms with Crippen molar-refractivity contribution in [2.75, 3.05) is 0 Å². The first-order valence-corrected chi connectivity index (χ1v) is 5.17. The summed E-state index contributed by atoms with van der Waals surface area (Å²) in [6.45, 7) is 4.00. The summed E-state index contributed by atoms with van der Waals surface area (Å²) in [5, 5.41) is 10.6. The lowest BCUT2D eigenvalue weighted by Gasteiger charge is -2.02. The zero-order valence-electron chi connectivity index (χ0n) is 7.89. The average Bonchev–Trinajstić information content (AvgIpc) is 2.59. The van der Waals surface area contributed by atoms with Gasteiger partial charge in [0.05, 0.1) is 6.20 Å². The van der Waals surface area contributed by atoms with Crippen LogP contribution in [-0.4, -0.2) is 20.5 Å². The van der Waals surface area contributed by atoms with Gasteiger partial charge in [-0.25, -0.2) is 9.78 Å². The standard InChI is InChI=1S/C9H10N2O2S/c1-5(2)8-10-3-7-11(8)6(4-14-7)9(12)13/h3-5H,1-2H3,(H,12,13). The van der Waals surface area contributed by atoms with E-state index in [1.54, 1.807) is 16.0 Å². The molecule has 0 spiro atoms. The van der Waals surface area contributed by atoms with E-state index >= 15 is 0 Å². The Morgan fingerprint density at radius 2 is 2.36 bits per heavy atom. The number of hydrogen-bond donors (Lipinski definition) is 1. The number of nitrogens with zero attached hydrogens (tertiary/aromatic N) is 2. The molecule has 0 amide bonds. The maximum absolute atomic E-state index is 10.9. The van der Waals surface area contributed by atoms with Gasteiger partial charge < -0.3 is 5.11 Å². The Morgan fingerprint density at radius 3 is 2.93 bits per heavy atom. The molecule has 5 heteroatoms. The van der Waals surface area contributed by atoms with Gasteiger partial charge >= 0.3 is 5.97 Å². The van der Waals surface area contributed by atoms with Crippen LogP contribution < -0.4 is 0 Å². The normalized spacial score (nSPS) is 11.4. The SMILES string of the molecule is CC(C)c1ncc2scc(C(=O)O)n12. The first-order valence-electron chi connectivity index (χ1n) is 4.29. The molecule has 0 atom stereocenters. The highest BCUT2D eigenvalue weighted by Crippen LogP contribution is 2.22. The zero-order chi connectivity index (χ0) is 10.3. The number of carbonyl (C=O) groups is 1. The molecule has 0 bridgehead atoms. The maximum atomic E-state index is 10.9. The second-order valence-corrected chi connectivity index (χ2v) is 4.26. The van der Waals surface area contributed by atoms with Gasteiger partial charge in [0.1, 0.15) is 16.3 Å². The number of carboxylic acid groups (broad SMARTS) is 1. The van der Waals surface area contributed by atoms with Gasteiger partial charge in [-0.3, -0.25) is 4.40 Å². The Kier molecular flexibility index (Phi) is 2.03. The van der Waals surface area contributed by atoms with Crippen LogP contribution in [0.25, 0.3) is 4.83 Å². The van der Waals surface area contributed by atoms with E-state index in [0.29, 0.717) is 5.69 Å². The number of carboxylic acids is 1. The third-order valence-corrected chi connectivity index (χ3v) is 2.90. The summed E-state index contributed by atoms with van der Waals surface area (Å²) in [4.78, 5) is 16.0. The van der Waals surface area contributed by atoms with Crippen LogP contribution in [0.5, 0.6) is 0 Å². The second kappa shape index (κ2) is 3.09. The molecular formula is C9H10N2O2S. The van der Waals surface area contributed by atoms with Crippen molar-refractivity contribution < 1.29 is 9.90 Å². The largest absolute Gasteiger partial charge is 0.477 e. The first-order chi connectivity index (χ1) is 6.61. The van der Waals surface area contributed by atoms with E-state index in [1.165, 1.54) is 11.3 Å². The van der Waals surface area contributed by atoms with Gasteiger partial charge in [-0.05, 0) is 0 Å². The molecule has 2 aromatic rings. The van der Waals surface area contributed by atoms with E-state index in [1.807, 2.05) is 13.8 Å². The summed E-state index contributed by atoms with van der Waals surface area (Å²) < 4.78 is 1.71. The van der Waals surface area contributed by atoms with E-state index < -0.39 is 5.97 Å². The highest BCUT2D eigenvalue weighted by Gasteiger charge is 2.16. The summed E-state index contributed by atoms with van der Waals surface area (Å²) in [5.74, 6) is 0.125. The molecule has 0 fully saturated rings. The molecule has 0 aliphatic rings. The summed E-state index contributed by atoms with van der Waals surface area (Å²) in [5.41, 5.74) is 0.297. The minimum absolute atomic E-state index is 0.227. The molecule has 1 N–H and O–H groups in total. The molecule has 0 radical (unpaired) electrons. The van der Waals surface area contributed by atoms with Crippen LogP contribution in [-0.2, 0) is 0 Å². The predicted octanol–water partition coefficient (Wildman–Crippen LogP) is 2.22. The molecule has 14 heavy (non-hydrogen) atoms. The number of fused-ring (bicyclic) bond motifs is 1. The molecule has 0 saturated heterocycles. The smallest absolute Gasteiger partial charge is 0.353 e. The van der Waals surface area contributed by atoms with Crippen molar-refractivity contribution in [2.24, 2.45) is 0 Å². The first kappa shape index (κ1) is 9.21. The number of thiazole rings is 1. The Hall–Kier alpha value is -1.36. The molecule has 2 heterocycles. The lowest BCUT2D eigenvalue weighted by Crippen LogP contribution is -2.05. The van der Waals surface area contributed by atoms with Crippen LogP contribution in [0.4, 0.5) is 0 Å². The quantitative estimate of drug-likeness (QED) is 0.826. The van der Waals surface area contributed by atoms with Crippen molar-refractivity contribution in [3.05, 3.63) is 23.1 Å². The predicted molar refractivity (Wildman–Crippen MR) is 54.1 cm³/mol. The molecule has 74 valence electrons. The van der Waals surface area contributed by atoms with E-state index in [-0.39, 0.29) is 5.92 Å². The highest BCUT2D eigenvalue weighted by atomic mass is 32.1. The Balaban J connectivity index is 2.74. The third-order valence-electron chi connectivity index (χ3n) is 2.02. The van der Waals surface area contributed by atoms with Gasteiger partial charge in [0, 0.05) is 11.3 Å².